The molecule has 0 aliphatic rings. The van der Waals surface area contributed by atoms with Gasteiger partial charge in [0.15, 0.2) is 5.78 Å². The van der Waals surface area contributed by atoms with Crippen LogP contribution in [0.4, 0.5) is 5.69 Å². The minimum Gasteiger partial charge on any atom is -0.347 e. The highest BCUT2D eigenvalue weighted by Crippen LogP contribution is 2.26. The van der Waals surface area contributed by atoms with Crippen molar-refractivity contribution in [2.75, 3.05) is 18.4 Å². The van der Waals surface area contributed by atoms with Crippen molar-refractivity contribution in [2.24, 2.45) is 5.73 Å². The molecule has 4 N–H and O–H groups in total. The summed E-state index contributed by atoms with van der Waals surface area (Å²) < 4.78 is 0.686. The number of ketones is 1. The van der Waals surface area contributed by atoms with E-state index < -0.39 is 5.91 Å². The Labute approximate surface area is 170 Å². The second-order valence-electron chi connectivity index (χ2n) is 5.72. The molecule has 0 saturated heterocycles. The van der Waals surface area contributed by atoms with Crippen LogP contribution in [-0.4, -0.2) is 30.7 Å². The zero-order valence-corrected chi connectivity index (χ0v) is 16.8. The summed E-state index contributed by atoms with van der Waals surface area (Å²) >= 11 is 9.45. The summed E-state index contributed by atoms with van der Waals surface area (Å²) in [6.07, 6.45) is 0.814. The van der Waals surface area contributed by atoms with E-state index >= 15 is 0 Å². The Kier molecular flexibility index (Phi) is 7.97. The summed E-state index contributed by atoms with van der Waals surface area (Å²) in [7, 11) is 0. The number of carbonyl (C=O) groups is 3. The van der Waals surface area contributed by atoms with Crippen molar-refractivity contribution in [3.63, 3.8) is 0 Å². The molecule has 0 bridgehead atoms. The van der Waals surface area contributed by atoms with Crippen LogP contribution in [0.3, 0.4) is 0 Å². The molecule has 2 amide bonds. The van der Waals surface area contributed by atoms with E-state index in [0.717, 1.165) is 0 Å². The van der Waals surface area contributed by atoms with Crippen molar-refractivity contribution in [1.29, 1.82) is 0 Å². The van der Waals surface area contributed by atoms with Crippen LogP contribution in [0, 0.1) is 0 Å². The molecule has 0 atom stereocenters. The summed E-state index contributed by atoms with van der Waals surface area (Å²) in [4.78, 5) is 36.6. The van der Waals surface area contributed by atoms with Crippen LogP contribution in [0.15, 0.2) is 46.9 Å². The van der Waals surface area contributed by atoms with Gasteiger partial charge in [-0.25, -0.2) is 0 Å². The van der Waals surface area contributed by atoms with Gasteiger partial charge in [0.05, 0.1) is 17.3 Å². The molecule has 6 nitrogen and oxygen atoms in total. The van der Waals surface area contributed by atoms with Crippen LogP contribution in [-0.2, 0) is 9.59 Å². The number of nitrogens with one attached hydrogen (secondary N) is 2. The SMILES string of the molecule is NCCCC(=O)NCC(=O)Nc1ccc(Br)cc1C(=O)c1ccccc1Cl. The molecule has 2 aromatic carbocycles. The van der Waals surface area contributed by atoms with Gasteiger partial charge in [0.2, 0.25) is 11.8 Å². The Morgan fingerprint density at radius 1 is 1.04 bits per heavy atom. The lowest BCUT2D eigenvalue weighted by Gasteiger charge is -2.12. The number of anilines is 1. The van der Waals surface area contributed by atoms with Gasteiger partial charge in [0.1, 0.15) is 0 Å². The van der Waals surface area contributed by atoms with Gasteiger partial charge in [-0.1, -0.05) is 39.7 Å². The quantitative estimate of drug-likeness (QED) is 0.536. The summed E-state index contributed by atoms with van der Waals surface area (Å²) in [5, 5.41) is 5.50. The van der Waals surface area contributed by atoms with Gasteiger partial charge in [-0.2, -0.15) is 0 Å². The Bertz CT molecular complexity index is 858. The van der Waals surface area contributed by atoms with Crippen LogP contribution in [0.5, 0.6) is 0 Å². The summed E-state index contributed by atoms with van der Waals surface area (Å²) in [6, 6.07) is 11.6. The fraction of sp³-hybridized carbons (Fsp3) is 0.211. The predicted octanol–water partition coefficient (Wildman–Crippen LogP) is 3.13. The molecular weight excluding hydrogens is 434 g/mol. The van der Waals surface area contributed by atoms with Gasteiger partial charge in [-0.15, -0.1) is 0 Å². The van der Waals surface area contributed by atoms with Gasteiger partial charge in [0.25, 0.3) is 0 Å². The van der Waals surface area contributed by atoms with Crippen molar-refractivity contribution in [1.82, 2.24) is 5.32 Å². The fourth-order valence-electron chi connectivity index (χ4n) is 2.33. The normalized spacial score (nSPS) is 10.3. The molecule has 0 aliphatic carbocycles. The highest BCUT2D eigenvalue weighted by atomic mass is 79.9. The van der Waals surface area contributed by atoms with Crippen molar-refractivity contribution in [2.45, 2.75) is 12.8 Å². The molecule has 2 rings (SSSR count). The zero-order valence-electron chi connectivity index (χ0n) is 14.4. The average molecular weight is 453 g/mol. The lowest BCUT2D eigenvalue weighted by atomic mass is 10.0. The zero-order chi connectivity index (χ0) is 19.8. The number of carbonyl (C=O) groups excluding carboxylic acids is 3. The molecule has 0 radical (unpaired) electrons. The van der Waals surface area contributed by atoms with Gasteiger partial charge in [-0.05, 0) is 43.3 Å². The van der Waals surface area contributed by atoms with Crippen molar-refractivity contribution in [3.8, 4) is 0 Å². The maximum Gasteiger partial charge on any atom is 0.243 e. The molecule has 0 aromatic heterocycles. The van der Waals surface area contributed by atoms with Gasteiger partial charge < -0.3 is 16.4 Å². The molecule has 0 unspecified atom stereocenters. The van der Waals surface area contributed by atoms with Crippen LogP contribution in [0.1, 0.15) is 28.8 Å². The van der Waals surface area contributed by atoms with E-state index in [2.05, 4.69) is 26.6 Å². The molecule has 0 fully saturated rings. The maximum absolute atomic E-state index is 12.9. The summed E-state index contributed by atoms with van der Waals surface area (Å²) in [6.45, 7) is 0.214. The number of nitrogens with two attached hydrogens (primary N) is 1. The largest absolute Gasteiger partial charge is 0.347 e. The third-order valence-corrected chi connectivity index (χ3v) is 4.50. The van der Waals surface area contributed by atoms with E-state index in [-0.39, 0.29) is 24.7 Å². The first kappa shape index (κ1) is 21.1. The Morgan fingerprint density at radius 3 is 2.48 bits per heavy atom. The number of benzene rings is 2. The second kappa shape index (κ2) is 10.2. The second-order valence-corrected chi connectivity index (χ2v) is 7.04. The maximum atomic E-state index is 12.9. The van der Waals surface area contributed by atoms with Crippen LogP contribution >= 0.6 is 27.5 Å². The first-order chi connectivity index (χ1) is 12.9. The number of amides is 2. The molecule has 0 aliphatic heterocycles. The Hall–Kier alpha value is -2.22. The van der Waals surface area contributed by atoms with Crippen molar-refractivity contribution >= 4 is 50.8 Å². The highest BCUT2D eigenvalue weighted by molar-refractivity contribution is 9.10. The summed E-state index contributed by atoms with van der Waals surface area (Å²) in [5.41, 5.74) is 6.31. The first-order valence-electron chi connectivity index (χ1n) is 8.27. The van der Waals surface area contributed by atoms with Crippen LogP contribution in [0.25, 0.3) is 0 Å². The molecule has 27 heavy (non-hydrogen) atoms. The molecular formula is C19H19BrClN3O3. The van der Waals surface area contributed by atoms with E-state index in [4.69, 9.17) is 17.3 Å². The van der Waals surface area contributed by atoms with Crippen molar-refractivity contribution < 1.29 is 14.4 Å². The average Bonchev–Trinajstić information content (AvgIpc) is 2.66. The number of rotatable bonds is 8. The molecule has 8 heteroatoms. The van der Waals surface area contributed by atoms with E-state index in [0.29, 0.717) is 39.3 Å². The number of hydrogen-bond acceptors (Lipinski definition) is 4. The standard InChI is InChI=1S/C19H19BrClN3O3/c20-12-7-8-16(24-18(26)11-23-17(25)6-3-9-22)14(10-12)19(27)13-4-1-2-5-15(13)21/h1-2,4-5,7-8,10H,3,6,9,11,22H2,(H,23,25)(H,24,26). The lowest BCUT2D eigenvalue weighted by Crippen LogP contribution is -2.33. The molecule has 0 heterocycles. The Balaban J connectivity index is 2.14. The van der Waals surface area contributed by atoms with E-state index in [1.807, 2.05) is 0 Å². The minimum absolute atomic E-state index is 0.195. The monoisotopic (exact) mass is 451 g/mol. The highest BCUT2D eigenvalue weighted by Gasteiger charge is 2.18. The fourth-order valence-corrected chi connectivity index (χ4v) is 2.91. The van der Waals surface area contributed by atoms with Crippen molar-refractivity contribution in [3.05, 3.63) is 63.1 Å². The first-order valence-corrected chi connectivity index (χ1v) is 9.45. The van der Waals surface area contributed by atoms with E-state index in [1.165, 1.54) is 0 Å². The van der Waals surface area contributed by atoms with Gasteiger partial charge in [0, 0.05) is 22.0 Å². The van der Waals surface area contributed by atoms with Gasteiger partial charge >= 0.3 is 0 Å². The molecule has 2 aromatic rings. The van der Waals surface area contributed by atoms with E-state index in [1.54, 1.807) is 42.5 Å². The minimum atomic E-state index is -0.438. The molecule has 0 saturated carbocycles. The number of halogens is 2. The lowest BCUT2D eigenvalue weighted by molar-refractivity contribution is -0.124. The third kappa shape index (κ3) is 6.16. The molecule has 0 spiro atoms. The molecule has 142 valence electrons. The third-order valence-electron chi connectivity index (χ3n) is 3.67. The topological polar surface area (TPSA) is 101 Å². The summed E-state index contributed by atoms with van der Waals surface area (Å²) in [5.74, 6) is -1.01. The van der Waals surface area contributed by atoms with E-state index in [9.17, 15) is 14.4 Å². The van der Waals surface area contributed by atoms with Crippen LogP contribution < -0.4 is 16.4 Å². The smallest absolute Gasteiger partial charge is 0.243 e. The van der Waals surface area contributed by atoms with Crippen LogP contribution in [0.2, 0.25) is 5.02 Å². The van der Waals surface area contributed by atoms with Gasteiger partial charge in [-0.3, -0.25) is 14.4 Å². The predicted molar refractivity (Wildman–Crippen MR) is 109 cm³/mol. The number of hydrogen-bond donors (Lipinski definition) is 3. The Morgan fingerprint density at radius 2 is 1.78 bits per heavy atom.